The summed E-state index contributed by atoms with van der Waals surface area (Å²) in [5.74, 6) is 0.661. The molecule has 0 N–H and O–H groups in total. The minimum absolute atomic E-state index is 0.0217. The van der Waals surface area contributed by atoms with Gasteiger partial charge in [-0.1, -0.05) is 20.8 Å². The van der Waals surface area contributed by atoms with Crippen molar-refractivity contribution in [2.24, 2.45) is 0 Å². The van der Waals surface area contributed by atoms with Gasteiger partial charge in [0.2, 0.25) is 15.9 Å². The molecule has 1 aromatic rings. The molecule has 134 valence electrons. The van der Waals surface area contributed by atoms with Gasteiger partial charge >= 0.3 is 0 Å². The number of methoxy groups -OCH3 is 1. The molecule has 24 heavy (non-hydrogen) atoms. The van der Waals surface area contributed by atoms with Gasteiger partial charge in [0.15, 0.2) is 0 Å². The van der Waals surface area contributed by atoms with Gasteiger partial charge in [0.25, 0.3) is 0 Å². The second-order valence-corrected chi connectivity index (χ2v) is 8.96. The standard InChI is InChI=1S/C17H26N2O4S/c1-13(20)18-8-10-19(11-9-18)24(21,22)14-6-7-16(23-5)15(12-14)17(2,3)4/h6-7,12H,8-11H2,1-5H3. The zero-order chi connectivity index (χ0) is 18.1. The van der Waals surface area contributed by atoms with Gasteiger partial charge in [-0.25, -0.2) is 8.42 Å². The van der Waals surface area contributed by atoms with E-state index in [4.69, 9.17) is 4.74 Å². The van der Waals surface area contributed by atoms with E-state index in [0.717, 1.165) is 5.56 Å². The fourth-order valence-electron chi connectivity index (χ4n) is 2.83. The van der Waals surface area contributed by atoms with E-state index in [0.29, 0.717) is 31.9 Å². The Morgan fingerprint density at radius 1 is 1.12 bits per heavy atom. The summed E-state index contributed by atoms with van der Waals surface area (Å²) in [5, 5.41) is 0. The van der Waals surface area contributed by atoms with Crippen LogP contribution in [0.4, 0.5) is 0 Å². The number of carbonyl (C=O) groups excluding carboxylic acids is 1. The lowest BCUT2D eigenvalue weighted by Crippen LogP contribution is -2.49. The lowest BCUT2D eigenvalue weighted by molar-refractivity contribution is -0.129. The Morgan fingerprint density at radius 2 is 1.71 bits per heavy atom. The highest BCUT2D eigenvalue weighted by atomic mass is 32.2. The summed E-state index contributed by atoms with van der Waals surface area (Å²) in [6.45, 7) is 9.06. The van der Waals surface area contributed by atoms with Gasteiger partial charge < -0.3 is 9.64 Å². The first-order valence-electron chi connectivity index (χ1n) is 8.01. The van der Waals surface area contributed by atoms with E-state index in [1.807, 2.05) is 20.8 Å². The van der Waals surface area contributed by atoms with E-state index in [-0.39, 0.29) is 16.2 Å². The monoisotopic (exact) mass is 354 g/mol. The predicted molar refractivity (Wildman–Crippen MR) is 92.7 cm³/mol. The first-order valence-corrected chi connectivity index (χ1v) is 9.45. The molecule has 1 fully saturated rings. The molecule has 0 saturated carbocycles. The number of amides is 1. The van der Waals surface area contributed by atoms with E-state index < -0.39 is 10.0 Å². The second-order valence-electron chi connectivity index (χ2n) is 7.02. The Hall–Kier alpha value is -1.60. The Bertz CT molecular complexity index is 715. The van der Waals surface area contributed by atoms with Crippen molar-refractivity contribution in [2.45, 2.75) is 38.0 Å². The zero-order valence-corrected chi connectivity index (χ0v) is 15.8. The van der Waals surface area contributed by atoms with Crippen LogP contribution in [0.25, 0.3) is 0 Å². The molecule has 1 aromatic carbocycles. The van der Waals surface area contributed by atoms with Gasteiger partial charge in [-0.3, -0.25) is 4.79 Å². The summed E-state index contributed by atoms with van der Waals surface area (Å²) in [7, 11) is -2.00. The fourth-order valence-corrected chi connectivity index (χ4v) is 4.28. The third-order valence-corrected chi connectivity index (χ3v) is 6.20. The molecule has 6 nitrogen and oxygen atoms in total. The van der Waals surface area contributed by atoms with Crippen LogP contribution in [0.3, 0.4) is 0 Å². The number of carbonyl (C=O) groups is 1. The summed E-state index contributed by atoms with van der Waals surface area (Å²) in [6, 6.07) is 4.99. The molecule has 0 atom stereocenters. The Labute approximate surface area is 144 Å². The van der Waals surface area contributed by atoms with E-state index in [2.05, 4.69) is 0 Å². The van der Waals surface area contributed by atoms with Crippen LogP contribution in [0.1, 0.15) is 33.3 Å². The van der Waals surface area contributed by atoms with Gasteiger partial charge in [0.05, 0.1) is 12.0 Å². The lowest BCUT2D eigenvalue weighted by atomic mass is 9.86. The number of sulfonamides is 1. The average molecular weight is 354 g/mol. The van der Waals surface area contributed by atoms with Crippen LogP contribution in [0.2, 0.25) is 0 Å². The maximum absolute atomic E-state index is 12.9. The van der Waals surface area contributed by atoms with Gasteiger partial charge in [-0.05, 0) is 23.6 Å². The molecule has 2 rings (SSSR count). The summed E-state index contributed by atoms with van der Waals surface area (Å²) in [4.78, 5) is 13.3. The quantitative estimate of drug-likeness (QED) is 0.831. The maximum atomic E-state index is 12.9. The number of rotatable bonds is 3. The van der Waals surface area contributed by atoms with Crippen LogP contribution >= 0.6 is 0 Å². The third-order valence-electron chi connectivity index (χ3n) is 4.30. The van der Waals surface area contributed by atoms with Gasteiger partial charge in [-0.2, -0.15) is 4.31 Å². The first-order chi connectivity index (χ1) is 11.1. The second kappa shape index (κ2) is 6.72. The molecule has 1 heterocycles. The average Bonchev–Trinajstić information content (AvgIpc) is 2.53. The highest BCUT2D eigenvalue weighted by Gasteiger charge is 2.31. The van der Waals surface area contributed by atoms with Crippen LogP contribution in [0.5, 0.6) is 5.75 Å². The largest absolute Gasteiger partial charge is 0.496 e. The molecular formula is C17H26N2O4S. The Morgan fingerprint density at radius 3 is 2.17 bits per heavy atom. The van der Waals surface area contributed by atoms with Gasteiger partial charge in [0.1, 0.15) is 5.75 Å². The van der Waals surface area contributed by atoms with E-state index >= 15 is 0 Å². The van der Waals surface area contributed by atoms with E-state index in [1.54, 1.807) is 30.2 Å². The molecule has 1 amide bonds. The van der Waals surface area contributed by atoms with Crippen molar-refractivity contribution in [1.29, 1.82) is 0 Å². The molecule has 1 aliphatic heterocycles. The summed E-state index contributed by atoms with van der Waals surface area (Å²) < 4.78 is 32.7. The lowest BCUT2D eigenvalue weighted by Gasteiger charge is -2.33. The Balaban J connectivity index is 2.32. The fraction of sp³-hybridized carbons (Fsp3) is 0.588. The van der Waals surface area contributed by atoms with Crippen molar-refractivity contribution in [2.75, 3.05) is 33.3 Å². The van der Waals surface area contributed by atoms with Crippen molar-refractivity contribution >= 4 is 15.9 Å². The molecule has 0 aromatic heterocycles. The zero-order valence-electron chi connectivity index (χ0n) is 15.0. The summed E-state index contributed by atoms with van der Waals surface area (Å²) in [5.41, 5.74) is 0.623. The van der Waals surface area contributed by atoms with Gasteiger partial charge in [-0.15, -0.1) is 0 Å². The van der Waals surface area contributed by atoms with Gasteiger partial charge in [0, 0.05) is 38.7 Å². The Kier molecular flexibility index (Phi) is 5.25. The van der Waals surface area contributed by atoms with Crippen LogP contribution in [-0.4, -0.2) is 56.8 Å². The molecule has 0 spiro atoms. The minimum Gasteiger partial charge on any atom is -0.496 e. The highest BCUT2D eigenvalue weighted by molar-refractivity contribution is 7.89. The van der Waals surface area contributed by atoms with Crippen molar-refractivity contribution < 1.29 is 17.9 Å². The number of hydrogen-bond donors (Lipinski definition) is 0. The topological polar surface area (TPSA) is 66.9 Å². The number of benzene rings is 1. The first kappa shape index (κ1) is 18.7. The third kappa shape index (κ3) is 3.72. The smallest absolute Gasteiger partial charge is 0.243 e. The van der Waals surface area contributed by atoms with E-state index in [1.165, 1.54) is 11.2 Å². The molecule has 1 saturated heterocycles. The molecule has 1 aliphatic rings. The predicted octanol–water partition coefficient (Wildman–Crippen LogP) is 1.85. The van der Waals surface area contributed by atoms with Crippen molar-refractivity contribution in [1.82, 2.24) is 9.21 Å². The SMILES string of the molecule is COc1ccc(S(=O)(=O)N2CCN(C(C)=O)CC2)cc1C(C)(C)C. The van der Waals surface area contributed by atoms with Crippen LogP contribution in [0, 0.1) is 0 Å². The number of hydrogen-bond acceptors (Lipinski definition) is 4. The molecule has 0 aliphatic carbocycles. The van der Waals surface area contributed by atoms with Crippen molar-refractivity contribution in [3.63, 3.8) is 0 Å². The molecule has 0 unspecified atom stereocenters. The number of piperazine rings is 1. The van der Waals surface area contributed by atoms with Crippen LogP contribution < -0.4 is 4.74 Å². The van der Waals surface area contributed by atoms with Crippen LogP contribution in [-0.2, 0) is 20.2 Å². The van der Waals surface area contributed by atoms with E-state index in [9.17, 15) is 13.2 Å². The van der Waals surface area contributed by atoms with Crippen molar-refractivity contribution in [3.8, 4) is 5.75 Å². The molecule has 7 heteroatoms. The molecule has 0 radical (unpaired) electrons. The molecular weight excluding hydrogens is 328 g/mol. The normalized spacial score (nSPS) is 17.0. The number of nitrogens with zero attached hydrogens (tertiary/aromatic N) is 2. The number of ether oxygens (including phenoxy) is 1. The molecule has 0 bridgehead atoms. The minimum atomic E-state index is -3.58. The summed E-state index contributed by atoms with van der Waals surface area (Å²) >= 11 is 0. The van der Waals surface area contributed by atoms with Crippen molar-refractivity contribution in [3.05, 3.63) is 23.8 Å². The van der Waals surface area contributed by atoms with Crippen LogP contribution in [0.15, 0.2) is 23.1 Å². The maximum Gasteiger partial charge on any atom is 0.243 e. The highest BCUT2D eigenvalue weighted by Crippen LogP contribution is 2.34. The summed E-state index contributed by atoms with van der Waals surface area (Å²) in [6.07, 6.45) is 0.